The van der Waals surface area contributed by atoms with E-state index in [2.05, 4.69) is 31.8 Å². The molecule has 0 aliphatic carbocycles. The molecule has 2 amide bonds. The Labute approximate surface area is 162 Å². The van der Waals surface area contributed by atoms with Gasteiger partial charge in [-0.2, -0.15) is 5.10 Å². The minimum Gasteiger partial charge on any atom is -0.496 e. The maximum absolute atomic E-state index is 11.9. The molecule has 0 heterocycles. The van der Waals surface area contributed by atoms with E-state index in [0.29, 0.717) is 11.3 Å². The Balaban J connectivity index is 2.01. The third kappa shape index (κ3) is 5.19. The van der Waals surface area contributed by atoms with Gasteiger partial charge in [0.1, 0.15) is 5.75 Å². The number of anilines is 1. The molecule has 0 radical (unpaired) electrons. The van der Waals surface area contributed by atoms with Gasteiger partial charge in [-0.25, -0.2) is 5.43 Å². The van der Waals surface area contributed by atoms with Crippen LogP contribution in [-0.4, -0.2) is 25.1 Å². The fourth-order valence-corrected chi connectivity index (χ4v) is 2.52. The van der Waals surface area contributed by atoms with Crippen LogP contribution < -0.4 is 15.5 Å². The van der Waals surface area contributed by atoms with Gasteiger partial charge in [0.05, 0.1) is 29.1 Å². The molecule has 0 unspecified atom stereocenters. The molecule has 2 N–H and O–H groups in total. The third-order valence-corrected chi connectivity index (χ3v) is 4.28. The molecule has 0 saturated heterocycles. The predicted octanol–water partition coefficient (Wildman–Crippen LogP) is 3.85. The first-order chi connectivity index (χ1) is 11.9. The average Bonchev–Trinajstić information content (AvgIpc) is 2.59. The summed E-state index contributed by atoms with van der Waals surface area (Å²) in [4.78, 5) is 23.7. The van der Waals surface area contributed by atoms with E-state index < -0.39 is 11.8 Å². The number of methoxy groups -OCH3 is 1. The Morgan fingerprint density at radius 1 is 1.20 bits per heavy atom. The highest BCUT2D eigenvalue weighted by Gasteiger charge is 2.15. The van der Waals surface area contributed by atoms with Gasteiger partial charge in [0.25, 0.3) is 0 Å². The van der Waals surface area contributed by atoms with Crippen molar-refractivity contribution in [2.24, 2.45) is 5.10 Å². The predicted molar refractivity (Wildman–Crippen MR) is 102 cm³/mol. The molecule has 2 rings (SSSR count). The Hall–Kier alpha value is -2.09. The molecule has 9 heteroatoms. The van der Waals surface area contributed by atoms with Crippen molar-refractivity contribution in [3.8, 4) is 5.75 Å². The summed E-state index contributed by atoms with van der Waals surface area (Å²) >= 11 is 15.1. The summed E-state index contributed by atoms with van der Waals surface area (Å²) in [6.07, 6.45) is 1.36. The Morgan fingerprint density at radius 3 is 2.68 bits per heavy atom. The molecule has 0 bridgehead atoms. The van der Waals surface area contributed by atoms with Gasteiger partial charge < -0.3 is 10.1 Å². The topological polar surface area (TPSA) is 79.8 Å². The first-order valence-electron chi connectivity index (χ1n) is 6.84. The molecule has 2 aromatic carbocycles. The van der Waals surface area contributed by atoms with Crippen molar-refractivity contribution in [3.63, 3.8) is 0 Å². The minimum absolute atomic E-state index is 0.146. The van der Waals surface area contributed by atoms with Crippen LogP contribution in [0.5, 0.6) is 5.75 Å². The molecule has 0 atom stereocenters. The van der Waals surface area contributed by atoms with E-state index in [1.165, 1.54) is 19.4 Å². The molecule has 6 nitrogen and oxygen atoms in total. The third-order valence-electron chi connectivity index (χ3n) is 2.97. The van der Waals surface area contributed by atoms with Crippen molar-refractivity contribution in [2.75, 3.05) is 12.4 Å². The molecule has 130 valence electrons. The van der Waals surface area contributed by atoms with Crippen molar-refractivity contribution < 1.29 is 14.3 Å². The highest BCUT2D eigenvalue weighted by molar-refractivity contribution is 9.10. The molecule has 0 spiro atoms. The number of hydrogen-bond donors (Lipinski definition) is 2. The van der Waals surface area contributed by atoms with Crippen molar-refractivity contribution in [2.45, 2.75) is 0 Å². The van der Waals surface area contributed by atoms with Crippen molar-refractivity contribution >= 4 is 62.8 Å². The van der Waals surface area contributed by atoms with Gasteiger partial charge in [0, 0.05) is 10.0 Å². The van der Waals surface area contributed by atoms with E-state index in [4.69, 9.17) is 27.9 Å². The van der Waals surface area contributed by atoms with Gasteiger partial charge >= 0.3 is 11.8 Å². The summed E-state index contributed by atoms with van der Waals surface area (Å²) in [5, 5.41) is 6.52. The lowest BCUT2D eigenvalue weighted by Crippen LogP contribution is -2.32. The number of benzene rings is 2. The molecule has 0 aliphatic heterocycles. The Kier molecular flexibility index (Phi) is 6.81. The lowest BCUT2D eigenvalue weighted by atomic mass is 10.2. The summed E-state index contributed by atoms with van der Waals surface area (Å²) in [5.41, 5.74) is 2.98. The normalized spacial score (nSPS) is 10.6. The number of hydrazone groups is 1. The van der Waals surface area contributed by atoms with E-state index >= 15 is 0 Å². The highest BCUT2D eigenvalue weighted by Crippen LogP contribution is 2.29. The van der Waals surface area contributed by atoms with E-state index in [0.717, 1.165) is 4.47 Å². The van der Waals surface area contributed by atoms with Crippen LogP contribution in [0.2, 0.25) is 10.0 Å². The van der Waals surface area contributed by atoms with Gasteiger partial charge in [0.15, 0.2) is 0 Å². The second kappa shape index (κ2) is 8.84. The monoisotopic (exact) mass is 443 g/mol. The zero-order valence-electron chi connectivity index (χ0n) is 12.8. The number of nitrogens with zero attached hydrogens (tertiary/aromatic N) is 1. The SMILES string of the molecule is COc1ccc(Br)cc1C=NNC(=O)C(=O)Nc1cccc(Cl)c1Cl. The van der Waals surface area contributed by atoms with Crippen LogP contribution in [0.4, 0.5) is 5.69 Å². The Morgan fingerprint density at radius 2 is 1.96 bits per heavy atom. The maximum atomic E-state index is 11.9. The maximum Gasteiger partial charge on any atom is 0.329 e. The van der Waals surface area contributed by atoms with Crippen LogP contribution >= 0.6 is 39.1 Å². The zero-order valence-corrected chi connectivity index (χ0v) is 15.9. The highest BCUT2D eigenvalue weighted by atomic mass is 79.9. The molecular weight excluding hydrogens is 433 g/mol. The fraction of sp³-hybridized carbons (Fsp3) is 0.0625. The molecule has 2 aromatic rings. The number of ether oxygens (including phenoxy) is 1. The smallest absolute Gasteiger partial charge is 0.329 e. The van der Waals surface area contributed by atoms with Gasteiger partial charge in [-0.3, -0.25) is 9.59 Å². The number of halogens is 3. The van der Waals surface area contributed by atoms with Gasteiger partial charge in [-0.15, -0.1) is 0 Å². The van der Waals surface area contributed by atoms with Gasteiger partial charge in [-0.1, -0.05) is 45.2 Å². The van der Waals surface area contributed by atoms with E-state index in [9.17, 15) is 9.59 Å². The quantitative estimate of drug-likeness (QED) is 0.427. The largest absolute Gasteiger partial charge is 0.496 e. The fourth-order valence-electron chi connectivity index (χ4n) is 1.80. The molecule has 0 aromatic heterocycles. The van der Waals surface area contributed by atoms with Crippen molar-refractivity contribution in [1.29, 1.82) is 0 Å². The summed E-state index contributed by atoms with van der Waals surface area (Å²) in [6.45, 7) is 0. The first kappa shape index (κ1) is 19.2. The molecule has 0 aliphatic rings. The van der Waals surface area contributed by atoms with Crippen LogP contribution in [0.1, 0.15) is 5.56 Å². The van der Waals surface area contributed by atoms with E-state index in [1.54, 1.807) is 30.3 Å². The second-order valence-corrected chi connectivity index (χ2v) is 6.34. The standard InChI is InChI=1S/C16H12BrCl2N3O3/c1-25-13-6-5-10(17)7-9(13)8-20-22-16(24)15(23)21-12-4-2-3-11(18)14(12)19/h2-8H,1H3,(H,21,23)(H,22,24). The number of amides is 2. The number of nitrogens with one attached hydrogen (secondary N) is 2. The van der Waals surface area contributed by atoms with Crippen LogP contribution in [0, 0.1) is 0 Å². The molecular formula is C16H12BrCl2N3O3. The Bertz CT molecular complexity index is 843. The van der Waals surface area contributed by atoms with Crippen LogP contribution in [0.25, 0.3) is 0 Å². The number of carbonyl (C=O) groups excluding carboxylic acids is 2. The number of hydrogen-bond acceptors (Lipinski definition) is 4. The summed E-state index contributed by atoms with van der Waals surface area (Å²) in [5.74, 6) is -1.32. The summed E-state index contributed by atoms with van der Waals surface area (Å²) in [6, 6.07) is 9.97. The van der Waals surface area contributed by atoms with Crippen LogP contribution in [-0.2, 0) is 9.59 Å². The van der Waals surface area contributed by atoms with Crippen molar-refractivity contribution in [1.82, 2.24) is 5.43 Å². The minimum atomic E-state index is -0.957. The van der Waals surface area contributed by atoms with Crippen molar-refractivity contribution in [3.05, 3.63) is 56.5 Å². The van der Waals surface area contributed by atoms with Crippen LogP contribution in [0.15, 0.2) is 46.0 Å². The summed E-state index contributed by atoms with van der Waals surface area (Å²) in [7, 11) is 1.52. The molecule has 0 fully saturated rings. The van der Waals surface area contributed by atoms with Gasteiger partial charge in [0.2, 0.25) is 0 Å². The molecule has 0 saturated carbocycles. The number of rotatable bonds is 4. The second-order valence-electron chi connectivity index (χ2n) is 4.64. The lowest BCUT2D eigenvalue weighted by molar-refractivity contribution is -0.136. The first-order valence-corrected chi connectivity index (χ1v) is 8.39. The lowest BCUT2D eigenvalue weighted by Gasteiger charge is -2.07. The van der Waals surface area contributed by atoms with Crippen LogP contribution in [0.3, 0.4) is 0 Å². The average molecular weight is 445 g/mol. The van der Waals surface area contributed by atoms with E-state index in [-0.39, 0.29) is 15.7 Å². The molecule has 25 heavy (non-hydrogen) atoms. The number of carbonyl (C=O) groups is 2. The van der Waals surface area contributed by atoms with E-state index in [1.807, 2.05) is 0 Å². The zero-order chi connectivity index (χ0) is 18.4. The summed E-state index contributed by atoms with van der Waals surface area (Å²) < 4.78 is 5.99. The van der Waals surface area contributed by atoms with Gasteiger partial charge in [-0.05, 0) is 30.3 Å².